The van der Waals surface area contributed by atoms with Crippen LogP contribution in [0.3, 0.4) is 0 Å². The lowest BCUT2D eigenvalue weighted by Gasteiger charge is -2.53. The second-order valence-corrected chi connectivity index (χ2v) is 14.2. The molecule has 4 heteroatoms. The van der Waals surface area contributed by atoms with Gasteiger partial charge in [-0.05, 0) is 119 Å². The Morgan fingerprint density at radius 2 is 1.72 bits per heavy atom. The molecule has 1 aromatic rings. The molecule has 5 atom stereocenters. The Morgan fingerprint density at radius 1 is 1.00 bits per heavy atom. The van der Waals surface area contributed by atoms with Gasteiger partial charge < -0.3 is 15.1 Å². The fraction of sp³-hybridized carbons (Fsp3) is 0.629. The van der Waals surface area contributed by atoms with E-state index < -0.39 is 5.60 Å². The van der Waals surface area contributed by atoms with Crippen molar-refractivity contribution in [2.75, 3.05) is 18.0 Å². The lowest BCUT2D eigenvalue weighted by Crippen LogP contribution is -2.51. The van der Waals surface area contributed by atoms with Gasteiger partial charge in [0.25, 0.3) is 0 Å². The molecule has 0 radical (unpaired) electrons. The molecule has 0 unspecified atom stereocenters. The van der Waals surface area contributed by atoms with Crippen LogP contribution in [0.5, 0.6) is 0 Å². The lowest BCUT2D eigenvalue weighted by atomic mass is 9.51. The van der Waals surface area contributed by atoms with Crippen molar-refractivity contribution in [2.45, 2.75) is 103 Å². The summed E-state index contributed by atoms with van der Waals surface area (Å²) in [5, 5.41) is 22.1. The van der Waals surface area contributed by atoms with Crippen LogP contribution in [-0.4, -0.2) is 40.8 Å². The summed E-state index contributed by atoms with van der Waals surface area (Å²) in [6.07, 6.45) is 9.55. The quantitative estimate of drug-likeness (QED) is 0.442. The highest BCUT2D eigenvalue weighted by atomic mass is 16.3. The molecule has 2 N–H and O–H groups in total. The molecule has 1 heterocycles. The molecule has 1 aliphatic heterocycles. The molecule has 4 nitrogen and oxygen atoms in total. The summed E-state index contributed by atoms with van der Waals surface area (Å²) in [5.41, 5.74) is 5.41. The van der Waals surface area contributed by atoms with Gasteiger partial charge in [-0.15, -0.1) is 0 Å². The molecule has 0 aromatic heterocycles. The number of piperidine rings is 1. The van der Waals surface area contributed by atoms with Gasteiger partial charge in [0.05, 0.1) is 6.10 Å². The van der Waals surface area contributed by atoms with E-state index >= 15 is 0 Å². The van der Waals surface area contributed by atoms with Crippen molar-refractivity contribution in [3.63, 3.8) is 0 Å². The summed E-state index contributed by atoms with van der Waals surface area (Å²) >= 11 is 0. The Morgan fingerprint density at radius 3 is 2.41 bits per heavy atom. The number of allylic oxidation sites excluding steroid dienone is 4. The predicted molar refractivity (Wildman–Crippen MR) is 156 cm³/mol. The third kappa shape index (κ3) is 4.70. The standard InChI is InChI=1S/C35H45NO3/c1-33(2,3)17-18-35(39)16-13-31-29-11-7-24-21-27(38)10-12-28(24)32(29)30(22-34(31,35)4)23-5-8-25(9-6-23)36-19-14-26(37)15-20-36/h5-6,8-9,21,26,29-31,37,39H,7,10-16,19-20,22H2,1-4H3/t29-,30+,31-,34-,35+/m0/s1. The Hall–Kier alpha value is -2.35. The Kier molecular flexibility index (Phi) is 6.63. The van der Waals surface area contributed by atoms with Crippen molar-refractivity contribution < 1.29 is 15.0 Å². The number of nitrogens with zero attached hydrogens (tertiary/aromatic N) is 1. The summed E-state index contributed by atoms with van der Waals surface area (Å²) in [6, 6.07) is 9.12. The Balaban J connectivity index is 1.42. The van der Waals surface area contributed by atoms with Gasteiger partial charge in [-0.25, -0.2) is 0 Å². The van der Waals surface area contributed by atoms with Crippen LogP contribution in [0.1, 0.15) is 97.0 Å². The third-order valence-electron chi connectivity index (χ3n) is 10.7. The van der Waals surface area contributed by atoms with Gasteiger partial charge in [-0.2, -0.15) is 0 Å². The number of benzene rings is 1. The number of anilines is 1. The monoisotopic (exact) mass is 527 g/mol. The fourth-order valence-corrected chi connectivity index (χ4v) is 8.50. The summed E-state index contributed by atoms with van der Waals surface area (Å²) in [6.45, 7) is 10.5. The number of ketones is 1. The highest BCUT2D eigenvalue weighted by Gasteiger charge is 2.62. The average molecular weight is 528 g/mol. The van der Waals surface area contributed by atoms with E-state index in [2.05, 4.69) is 68.7 Å². The van der Waals surface area contributed by atoms with Crippen LogP contribution < -0.4 is 4.90 Å². The van der Waals surface area contributed by atoms with E-state index in [4.69, 9.17) is 0 Å². The molecule has 0 spiro atoms. The number of hydrogen-bond acceptors (Lipinski definition) is 4. The second kappa shape index (κ2) is 9.64. The minimum absolute atomic E-state index is 0.148. The van der Waals surface area contributed by atoms with E-state index in [1.807, 2.05) is 6.08 Å². The number of rotatable bonds is 2. The van der Waals surface area contributed by atoms with E-state index in [1.165, 1.54) is 22.4 Å². The maximum absolute atomic E-state index is 12.3. The van der Waals surface area contributed by atoms with Crippen molar-refractivity contribution in [3.05, 3.63) is 52.6 Å². The average Bonchev–Trinajstić information content (AvgIpc) is 3.17. The first kappa shape index (κ1) is 26.9. The van der Waals surface area contributed by atoms with Crippen LogP contribution in [0, 0.1) is 34.5 Å². The second-order valence-electron chi connectivity index (χ2n) is 14.2. The molecule has 39 heavy (non-hydrogen) atoms. The molecule has 5 aliphatic rings. The molecule has 208 valence electrons. The van der Waals surface area contributed by atoms with E-state index in [-0.39, 0.29) is 28.6 Å². The van der Waals surface area contributed by atoms with Crippen LogP contribution in [0.15, 0.2) is 47.1 Å². The van der Waals surface area contributed by atoms with E-state index in [0.717, 1.165) is 64.5 Å². The molecule has 1 saturated heterocycles. The molecule has 0 amide bonds. The van der Waals surface area contributed by atoms with Gasteiger partial charge in [0.1, 0.15) is 5.60 Å². The van der Waals surface area contributed by atoms with Crippen molar-refractivity contribution in [2.24, 2.45) is 22.7 Å². The number of carbonyl (C=O) groups is 1. The molecule has 6 rings (SSSR count). The number of aliphatic hydroxyl groups excluding tert-OH is 1. The van der Waals surface area contributed by atoms with E-state index in [0.29, 0.717) is 18.3 Å². The Bertz CT molecular complexity index is 1260. The van der Waals surface area contributed by atoms with Gasteiger partial charge in [0.15, 0.2) is 5.78 Å². The third-order valence-corrected chi connectivity index (χ3v) is 10.7. The van der Waals surface area contributed by atoms with Crippen LogP contribution in [0.2, 0.25) is 0 Å². The first-order valence-electron chi connectivity index (χ1n) is 15.2. The highest BCUT2D eigenvalue weighted by Crippen LogP contribution is 2.66. The first-order valence-corrected chi connectivity index (χ1v) is 15.2. The Labute approximate surface area is 234 Å². The zero-order valence-electron chi connectivity index (χ0n) is 24.2. The van der Waals surface area contributed by atoms with Gasteiger partial charge in [0.2, 0.25) is 0 Å². The van der Waals surface area contributed by atoms with E-state index in [1.54, 1.807) is 5.57 Å². The zero-order valence-corrected chi connectivity index (χ0v) is 24.2. The summed E-state index contributed by atoms with van der Waals surface area (Å²) in [4.78, 5) is 14.7. The van der Waals surface area contributed by atoms with Crippen LogP contribution in [0.4, 0.5) is 5.69 Å². The fourth-order valence-electron chi connectivity index (χ4n) is 8.50. The number of aliphatic hydroxyl groups is 2. The normalized spacial score (nSPS) is 35.0. The van der Waals surface area contributed by atoms with Crippen molar-refractivity contribution in [1.82, 2.24) is 0 Å². The van der Waals surface area contributed by atoms with Gasteiger partial charge >= 0.3 is 0 Å². The number of fused-ring (bicyclic) bond motifs is 4. The van der Waals surface area contributed by atoms with Crippen LogP contribution in [0.25, 0.3) is 0 Å². The lowest BCUT2D eigenvalue weighted by molar-refractivity contribution is -0.114. The predicted octanol–water partition coefficient (Wildman–Crippen LogP) is 6.33. The number of carbonyl (C=O) groups excluding carboxylic acids is 1. The van der Waals surface area contributed by atoms with Crippen LogP contribution in [-0.2, 0) is 4.79 Å². The van der Waals surface area contributed by atoms with Gasteiger partial charge in [0, 0.05) is 41.9 Å². The molecule has 3 fully saturated rings. The maximum atomic E-state index is 12.3. The van der Waals surface area contributed by atoms with Gasteiger partial charge in [-0.1, -0.05) is 36.5 Å². The molecular weight excluding hydrogens is 482 g/mol. The van der Waals surface area contributed by atoms with Crippen molar-refractivity contribution in [3.8, 4) is 11.8 Å². The van der Waals surface area contributed by atoms with E-state index in [9.17, 15) is 15.0 Å². The molecule has 4 aliphatic carbocycles. The van der Waals surface area contributed by atoms with Crippen molar-refractivity contribution in [1.29, 1.82) is 0 Å². The first-order chi connectivity index (χ1) is 18.5. The molecule has 1 aromatic carbocycles. The summed E-state index contributed by atoms with van der Waals surface area (Å²) in [7, 11) is 0. The number of hydrogen-bond donors (Lipinski definition) is 2. The maximum Gasteiger partial charge on any atom is 0.156 e. The SMILES string of the molecule is CC(C)(C)C#C[C@]1(O)CC[C@H]2[C@@H]3CCC4=CC(=O)CCC4=C3[C@@H](c3ccc(N4CCC(O)CC4)cc3)C[C@@]21C. The van der Waals surface area contributed by atoms with Crippen LogP contribution >= 0.6 is 0 Å². The zero-order chi connectivity index (χ0) is 27.6. The molecule has 0 bridgehead atoms. The minimum Gasteiger partial charge on any atom is -0.393 e. The van der Waals surface area contributed by atoms with Gasteiger partial charge in [-0.3, -0.25) is 4.79 Å². The molecule has 2 saturated carbocycles. The summed E-state index contributed by atoms with van der Waals surface area (Å²) in [5.74, 6) is 8.17. The minimum atomic E-state index is -0.980. The smallest absolute Gasteiger partial charge is 0.156 e. The largest absolute Gasteiger partial charge is 0.393 e. The van der Waals surface area contributed by atoms with Crippen molar-refractivity contribution >= 4 is 11.5 Å². The topological polar surface area (TPSA) is 60.8 Å². The highest BCUT2D eigenvalue weighted by molar-refractivity contribution is 5.93. The molecular formula is C35H45NO3. The summed E-state index contributed by atoms with van der Waals surface area (Å²) < 4.78 is 0.